The van der Waals surface area contributed by atoms with Crippen LogP contribution in [0.25, 0.3) is 10.6 Å². The number of nitrogens with zero attached hydrogens (tertiary/aromatic N) is 1. The molecule has 23 heavy (non-hydrogen) atoms. The van der Waals surface area contributed by atoms with Gasteiger partial charge in [-0.15, -0.1) is 22.9 Å². The van der Waals surface area contributed by atoms with Crippen molar-refractivity contribution in [1.82, 2.24) is 4.98 Å². The highest BCUT2D eigenvalue weighted by atomic mass is 35.5. The highest BCUT2D eigenvalue weighted by molar-refractivity contribution is 7.15. The second-order valence-corrected chi connectivity index (χ2v) is 6.20. The third-order valence-electron chi connectivity index (χ3n) is 3.28. The van der Waals surface area contributed by atoms with Gasteiger partial charge in [-0.05, 0) is 24.3 Å². The molecule has 0 bridgehead atoms. The van der Waals surface area contributed by atoms with Crippen molar-refractivity contribution in [3.05, 3.63) is 64.6 Å². The number of hydrogen-bond donors (Lipinski definition) is 0. The number of aromatic nitrogens is 1. The average Bonchev–Trinajstić information content (AvgIpc) is 3.16. The molecule has 0 aliphatic rings. The fraction of sp³-hybridized carbons (Fsp3) is 0.188. The van der Waals surface area contributed by atoms with E-state index in [1.807, 2.05) is 6.07 Å². The van der Waals surface area contributed by atoms with Crippen molar-refractivity contribution in [1.29, 1.82) is 0 Å². The number of alkyl halides is 4. The van der Waals surface area contributed by atoms with E-state index in [-0.39, 0.29) is 0 Å². The van der Waals surface area contributed by atoms with E-state index < -0.39 is 11.7 Å². The maximum absolute atomic E-state index is 12.6. The van der Waals surface area contributed by atoms with Gasteiger partial charge in [0.1, 0.15) is 10.8 Å². The molecule has 2 nitrogen and oxygen atoms in total. The molecule has 2 heterocycles. The van der Waals surface area contributed by atoms with E-state index >= 15 is 0 Å². The smallest absolute Gasteiger partial charge is 0.416 e. The topological polar surface area (TPSA) is 26.0 Å². The quantitative estimate of drug-likeness (QED) is 0.555. The summed E-state index contributed by atoms with van der Waals surface area (Å²) in [5.74, 6) is 1.06. The largest absolute Gasteiger partial charge is 0.469 e. The first kappa shape index (κ1) is 16.1. The molecular weight excluding hydrogens is 347 g/mol. The summed E-state index contributed by atoms with van der Waals surface area (Å²) in [5, 5.41) is 0.649. The molecule has 3 aromatic rings. The van der Waals surface area contributed by atoms with E-state index in [2.05, 4.69) is 4.98 Å². The normalized spacial score (nSPS) is 11.8. The Morgan fingerprint density at radius 1 is 1.13 bits per heavy atom. The maximum atomic E-state index is 12.6. The van der Waals surface area contributed by atoms with Gasteiger partial charge < -0.3 is 4.42 Å². The number of thiazole rings is 1. The van der Waals surface area contributed by atoms with Crippen LogP contribution >= 0.6 is 22.9 Å². The third kappa shape index (κ3) is 3.59. The molecule has 120 valence electrons. The molecule has 0 fully saturated rings. The van der Waals surface area contributed by atoms with Gasteiger partial charge in [0.05, 0.1) is 23.4 Å². The van der Waals surface area contributed by atoms with Gasteiger partial charge in [-0.2, -0.15) is 13.2 Å². The van der Waals surface area contributed by atoms with E-state index in [4.69, 9.17) is 16.0 Å². The molecular formula is C16H11ClF3NOS. The van der Waals surface area contributed by atoms with Crippen LogP contribution in [0.15, 0.2) is 47.1 Å². The van der Waals surface area contributed by atoms with Crippen molar-refractivity contribution >= 4 is 22.9 Å². The van der Waals surface area contributed by atoms with Gasteiger partial charge in [0.2, 0.25) is 0 Å². The lowest BCUT2D eigenvalue weighted by molar-refractivity contribution is -0.137. The Balaban J connectivity index is 1.89. The van der Waals surface area contributed by atoms with Crippen molar-refractivity contribution in [2.75, 3.05) is 0 Å². The average molecular weight is 358 g/mol. The van der Waals surface area contributed by atoms with Crippen molar-refractivity contribution < 1.29 is 17.6 Å². The zero-order valence-electron chi connectivity index (χ0n) is 11.7. The Bertz CT molecular complexity index is 779. The first-order valence-electron chi connectivity index (χ1n) is 6.72. The fourth-order valence-electron chi connectivity index (χ4n) is 2.13. The number of benzene rings is 1. The second kappa shape index (κ2) is 6.37. The van der Waals surface area contributed by atoms with Crippen LogP contribution in [0.1, 0.15) is 21.9 Å². The Labute approximate surface area is 139 Å². The summed E-state index contributed by atoms with van der Waals surface area (Å²) in [6.07, 6.45) is -2.25. The molecule has 0 aliphatic carbocycles. The van der Waals surface area contributed by atoms with Crippen LogP contribution in [0.4, 0.5) is 13.2 Å². The third-order valence-corrected chi connectivity index (χ3v) is 4.85. The zero-order valence-corrected chi connectivity index (χ0v) is 13.3. The van der Waals surface area contributed by atoms with Crippen molar-refractivity contribution in [2.24, 2.45) is 0 Å². The first-order chi connectivity index (χ1) is 11.0. The number of halogens is 4. The molecule has 3 rings (SSSR count). The van der Waals surface area contributed by atoms with E-state index in [0.717, 1.165) is 28.5 Å². The first-order valence-corrected chi connectivity index (χ1v) is 8.07. The maximum Gasteiger partial charge on any atom is 0.416 e. The summed E-state index contributed by atoms with van der Waals surface area (Å²) in [6.45, 7) is 0. The van der Waals surface area contributed by atoms with E-state index in [1.54, 1.807) is 12.3 Å². The van der Waals surface area contributed by atoms with Crippen molar-refractivity contribution in [2.45, 2.75) is 18.5 Å². The highest BCUT2D eigenvalue weighted by Crippen LogP contribution is 2.34. The molecule has 0 radical (unpaired) electrons. The summed E-state index contributed by atoms with van der Waals surface area (Å²) in [4.78, 5) is 5.40. The molecule has 1 aromatic carbocycles. The van der Waals surface area contributed by atoms with E-state index in [1.165, 1.54) is 23.5 Å². The zero-order chi connectivity index (χ0) is 16.4. The minimum Gasteiger partial charge on any atom is -0.469 e. The van der Waals surface area contributed by atoms with Crippen LogP contribution in [0.3, 0.4) is 0 Å². The van der Waals surface area contributed by atoms with Crippen molar-refractivity contribution in [3.63, 3.8) is 0 Å². The molecule has 0 saturated heterocycles. The summed E-state index contributed by atoms with van der Waals surface area (Å²) in [7, 11) is 0. The lowest BCUT2D eigenvalue weighted by Gasteiger charge is -2.06. The highest BCUT2D eigenvalue weighted by Gasteiger charge is 2.30. The molecule has 0 N–H and O–H groups in total. The SMILES string of the molecule is FC(F)(F)c1ccc(-c2nc(Cc3ccco3)c(CCl)s2)cc1. The predicted molar refractivity (Wildman–Crippen MR) is 83.6 cm³/mol. The lowest BCUT2D eigenvalue weighted by atomic mass is 10.1. The summed E-state index contributed by atoms with van der Waals surface area (Å²) in [6, 6.07) is 8.60. The molecule has 0 aliphatic heterocycles. The Morgan fingerprint density at radius 2 is 1.87 bits per heavy atom. The van der Waals surface area contributed by atoms with Crippen molar-refractivity contribution in [3.8, 4) is 10.6 Å². The molecule has 2 aromatic heterocycles. The van der Waals surface area contributed by atoms with Gasteiger partial charge in [-0.25, -0.2) is 4.98 Å². The van der Waals surface area contributed by atoms with Crippen LogP contribution in [0.5, 0.6) is 0 Å². The van der Waals surface area contributed by atoms with Gasteiger partial charge in [0, 0.05) is 16.9 Å². The van der Waals surface area contributed by atoms with Crippen LogP contribution in [-0.2, 0) is 18.5 Å². The second-order valence-electron chi connectivity index (χ2n) is 4.85. The Hall–Kier alpha value is -1.79. The molecule has 0 unspecified atom stereocenters. The van der Waals surface area contributed by atoms with Crippen LogP contribution < -0.4 is 0 Å². The van der Waals surface area contributed by atoms with Gasteiger partial charge in [-0.3, -0.25) is 0 Å². The monoisotopic (exact) mass is 357 g/mol. The van der Waals surface area contributed by atoms with Gasteiger partial charge >= 0.3 is 6.18 Å². The minimum absolute atomic E-state index is 0.300. The molecule has 0 saturated carbocycles. The molecule has 0 spiro atoms. The van der Waals surface area contributed by atoms with E-state index in [0.29, 0.717) is 22.9 Å². The lowest BCUT2D eigenvalue weighted by Crippen LogP contribution is -2.03. The van der Waals surface area contributed by atoms with Gasteiger partial charge in [-0.1, -0.05) is 12.1 Å². The van der Waals surface area contributed by atoms with E-state index in [9.17, 15) is 13.2 Å². The number of furan rings is 1. The van der Waals surface area contributed by atoms with Crippen LogP contribution in [0.2, 0.25) is 0 Å². The Morgan fingerprint density at radius 3 is 2.43 bits per heavy atom. The minimum atomic E-state index is -4.34. The molecule has 0 atom stereocenters. The van der Waals surface area contributed by atoms with Gasteiger partial charge in [0.25, 0.3) is 0 Å². The standard InChI is InChI=1S/C16H11ClF3NOS/c17-9-14-13(8-12-2-1-7-22-12)21-15(23-14)10-3-5-11(6-4-10)16(18,19)20/h1-7H,8-9H2. The molecule has 0 amide bonds. The fourth-order valence-corrected chi connectivity index (χ4v) is 3.38. The summed E-state index contributed by atoms with van der Waals surface area (Å²) in [5.41, 5.74) is 0.751. The van der Waals surface area contributed by atoms with Crippen LogP contribution in [-0.4, -0.2) is 4.98 Å². The summed E-state index contributed by atoms with van der Waals surface area (Å²) >= 11 is 7.33. The molecule has 7 heteroatoms. The Kier molecular flexibility index (Phi) is 4.46. The predicted octanol–water partition coefficient (Wildman–Crippen LogP) is 5.75. The summed E-state index contributed by atoms with van der Waals surface area (Å²) < 4.78 is 43.1. The number of rotatable bonds is 4. The van der Waals surface area contributed by atoms with Crippen LogP contribution in [0, 0.1) is 0 Å². The van der Waals surface area contributed by atoms with Gasteiger partial charge in [0.15, 0.2) is 0 Å². The number of hydrogen-bond acceptors (Lipinski definition) is 3.